The monoisotopic (exact) mass is 329 g/mol. The van der Waals surface area contributed by atoms with Crippen molar-refractivity contribution in [2.45, 2.75) is 26.5 Å². The fourth-order valence-electron chi connectivity index (χ4n) is 2.39. The van der Waals surface area contributed by atoms with Crippen LogP contribution in [0.4, 0.5) is 4.39 Å². The predicted octanol–water partition coefficient (Wildman–Crippen LogP) is 2.62. The van der Waals surface area contributed by atoms with E-state index in [2.05, 4.69) is 15.6 Å². The number of nitrogens with one attached hydrogen (secondary N) is 2. The Bertz CT molecular complexity index is 673. The van der Waals surface area contributed by atoms with Gasteiger partial charge in [-0.15, -0.1) is 0 Å². The van der Waals surface area contributed by atoms with Crippen LogP contribution in [0.3, 0.4) is 0 Å². The van der Waals surface area contributed by atoms with Crippen LogP contribution in [0.2, 0.25) is 0 Å². The average Bonchev–Trinajstić information content (AvgIpc) is 2.61. The SMILES string of the molecule is CCNC(=NCc1ccccc1CO)NCCc1ccccc1F. The Hall–Kier alpha value is -2.40. The molecule has 0 aliphatic carbocycles. The van der Waals surface area contributed by atoms with Crippen molar-refractivity contribution in [1.29, 1.82) is 0 Å². The summed E-state index contributed by atoms with van der Waals surface area (Å²) < 4.78 is 13.6. The summed E-state index contributed by atoms with van der Waals surface area (Å²) in [6.45, 7) is 3.81. The maximum Gasteiger partial charge on any atom is 0.191 e. The molecule has 0 aromatic heterocycles. The molecule has 5 heteroatoms. The van der Waals surface area contributed by atoms with Crippen LogP contribution in [0.5, 0.6) is 0 Å². The molecule has 128 valence electrons. The third-order valence-corrected chi connectivity index (χ3v) is 3.69. The van der Waals surface area contributed by atoms with Crippen molar-refractivity contribution in [2.24, 2.45) is 4.99 Å². The molecular formula is C19H24FN3O. The standard InChI is InChI=1S/C19H24FN3O/c1-2-21-19(22-12-11-15-7-5-6-10-18(15)20)23-13-16-8-3-4-9-17(16)14-24/h3-10,24H,2,11-14H2,1H3,(H2,21,22,23). The Kier molecular flexibility index (Phi) is 7.23. The van der Waals surface area contributed by atoms with E-state index in [4.69, 9.17) is 0 Å². The molecule has 0 saturated carbocycles. The number of hydrogen-bond donors (Lipinski definition) is 3. The third kappa shape index (κ3) is 5.35. The minimum atomic E-state index is -0.182. The molecule has 0 aliphatic heterocycles. The second kappa shape index (κ2) is 9.67. The molecule has 2 aromatic rings. The Balaban J connectivity index is 1.94. The zero-order valence-corrected chi connectivity index (χ0v) is 13.9. The smallest absolute Gasteiger partial charge is 0.191 e. The first kappa shape index (κ1) is 17.9. The number of aliphatic hydroxyl groups is 1. The molecule has 0 unspecified atom stereocenters. The molecule has 0 bridgehead atoms. The Morgan fingerprint density at radius 3 is 2.33 bits per heavy atom. The number of nitrogens with zero attached hydrogens (tertiary/aromatic N) is 1. The molecule has 0 fully saturated rings. The quantitative estimate of drug-likeness (QED) is 0.541. The van der Waals surface area contributed by atoms with Gasteiger partial charge in [0.25, 0.3) is 0 Å². The maximum absolute atomic E-state index is 13.6. The van der Waals surface area contributed by atoms with Gasteiger partial charge < -0.3 is 15.7 Å². The summed E-state index contributed by atoms with van der Waals surface area (Å²) in [5.41, 5.74) is 2.56. The van der Waals surface area contributed by atoms with Crippen LogP contribution in [0.25, 0.3) is 0 Å². The number of halogens is 1. The van der Waals surface area contributed by atoms with Crippen LogP contribution in [-0.2, 0) is 19.6 Å². The Labute approximate surface area is 142 Å². The van der Waals surface area contributed by atoms with Crippen LogP contribution in [-0.4, -0.2) is 24.2 Å². The number of guanidine groups is 1. The fraction of sp³-hybridized carbons (Fsp3) is 0.316. The van der Waals surface area contributed by atoms with Gasteiger partial charge in [0.15, 0.2) is 5.96 Å². The van der Waals surface area contributed by atoms with E-state index in [1.54, 1.807) is 12.1 Å². The second-order valence-corrected chi connectivity index (χ2v) is 5.39. The summed E-state index contributed by atoms with van der Waals surface area (Å²) in [7, 11) is 0. The first-order valence-electron chi connectivity index (χ1n) is 8.17. The highest BCUT2D eigenvalue weighted by molar-refractivity contribution is 5.79. The molecule has 2 rings (SSSR count). The normalized spacial score (nSPS) is 11.4. The van der Waals surface area contributed by atoms with Crippen molar-refractivity contribution in [3.63, 3.8) is 0 Å². The molecule has 2 aromatic carbocycles. The topological polar surface area (TPSA) is 56.7 Å². The van der Waals surface area contributed by atoms with Gasteiger partial charge in [-0.2, -0.15) is 0 Å². The molecule has 0 atom stereocenters. The van der Waals surface area contributed by atoms with Crippen molar-refractivity contribution in [3.05, 3.63) is 71.0 Å². The minimum absolute atomic E-state index is 0.00292. The highest BCUT2D eigenvalue weighted by Crippen LogP contribution is 2.10. The molecule has 0 saturated heterocycles. The van der Waals surface area contributed by atoms with Gasteiger partial charge in [0.1, 0.15) is 5.82 Å². The van der Waals surface area contributed by atoms with E-state index < -0.39 is 0 Å². The van der Waals surface area contributed by atoms with Crippen LogP contribution in [0.15, 0.2) is 53.5 Å². The molecule has 0 aliphatic rings. The third-order valence-electron chi connectivity index (χ3n) is 3.69. The van der Waals surface area contributed by atoms with Crippen molar-refractivity contribution in [2.75, 3.05) is 13.1 Å². The maximum atomic E-state index is 13.6. The van der Waals surface area contributed by atoms with Gasteiger partial charge >= 0.3 is 0 Å². The lowest BCUT2D eigenvalue weighted by molar-refractivity contribution is 0.280. The van der Waals surface area contributed by atoms with E-state index in [0.29, 0.717) is 31.0 Å². The first-order valence-corrected chi connectivity index (χ1v) is 8.17. The van der Waals surface area contributed by atoms with Gasteiger partial charge in [-0.3, -0.25) is 0 Å². The van der Waals surface area contributed by atoms with Crippen LogP contribution in [0, 0.1) is 5.82 Å². The van der Waals surface area contributed by atoms with E-state index in [1.807, 2.05) is 37.3 Å². The van der Waals surface area contributed by atoms with E-state index >= 15 is 0 Å². The summed E-state index contributed by atoms with van der Waals surface area (Å²) in [4.78, 5) is 4.54. The molecule has 4 nitrogen and oxygen atoms in total. The minimum Gasteiger partial charge on any atom is -0.392 e. The van der Waals surface area contributed by atoms with Gasteiger partial charge in [0, 0.05) is 13.1 Å². The largest absolute Gasteiger partial charge is 0.392 e. The summed E-state index contributed by atoms with van der Waals surface area (Å²) in [5.74, 6) is 0.500. The zero-order valence-electron chi connectivity index (χ0n) is 13.9. The summed E-state index contributed by atoms with van der Waals surface area (Å²) in [6.07, 6.45) is 0.588. The lowest BCUT2D eigenvalue weighted by Crippen LogP contribution is -2.38. The van der Waals surface area contributed by atoms with E-state index in [9.17, 15) is 9.50 Å². The number of hydrogen-bond acceptors (Lipinski definition) is 2. The summed E-state index contributed by atoms with van der Waals surface area (Å²) in [6, 6.07) is 14.5. The summed E-state index contributed by atoms with van der Waals surface area (Å²) in [5, 5.41) is 15.8. The van der Waals surface area contributed by atoms with Gasteiger partial charge in [-0.05, 0) is 36.1 Å². The van der Waals surface area contributed by atoms with Crippen molar-refractivity contribution >= 4 is 5.96 Å². The Morgan fingerprint density at radius 2 is 1.67 bits per heavy atom. The van der Waals surface area contributed by atoms with Crippen molar-refractivity contribution < 1.29 is 9.50 Å². The number of aliphatic imine (C=N–C) groups is 1. The second-order valence-electron chi connectivity index (χ2n) is 5.39. The molecule has 24 heavy (non-hydrogen) atoms. The number of benzene rings is 2. The number of aliphatic hydroxyl groups excluding tert-OH is 1. The fourth-order valence-corrected chi connectivity index (χ4v) is 2.39. The highest BCUT2D eigenvalue weighted by Gasteiger charge is 2.03. The van der Waals surface area contributed by atoms with Gasteiger partial charge in [0.2, 0.25) is 0 Å². The lowest BCUT2D eigenvalue weighted by atomic mass is 10.1. The van der Waals surface area contributed by atoms with Crippen LogP contribution >= 0.6 is 0 Å². The lowest BCUT2D eigenvalue weighted by Gasteiger charge is -2.12. The number of rotatable bonds is 7. The Morgan fingerprint density at radius 1 is 1.00 bits per heavy atom. The van der Waals surface area contributed by atoms with Gasteiger partial charge in [0.05, 0.1) is 13.2 Å². The van der Waals surface area contributed by atoms with E-state index in [0.717, 1.165) is 17.7 Å². The first-order chi connectivity index (χ1) is 11.7. The van der Waals surface area contributed by atoms with E-state index in [-0.39, 0.29) is 12.4 Å². The molecule has 3 N–H and O–H groups in total. The zero-order chi connectivity index (χ0) is 17.2. The molecule has 0 heterocycles. The molecule has 0 radical (unpaired) electrons. The van der Waals surface area contributed by atoms with Crippen molar-refractivity contribution in [3.8, 4) is 0 Å². The van der Waals surface area contributed by atoms with Gasteiger partial charge in [-0.25, -0.2) is 9.38 Å². The predicted molar refractivity (Wildman–Crippen MR) is 95.3 cm³/mol. The van der Waals surface area contributed by atoms with E-state index in [1.165, 1.54) is 6.07 Å². The molecular weight excluding hydrogens is 305 g/mol. The average molecular weight is 329 g/mol. The summed E-state index contributed by atoms with van der Waals surface area (Å²) >= 11 is 0. The van der Waals surface area contributed by atoms with Crippen molar-refractivity contribution in [1.82, 2.24) is 10.6 Å². The molecule has 0 spiro atoms. The molecule has 0 amide bonds. The van der Waals surface area contributed by atoms with Crippen LogP contribution in [0.1, 0.15) is 23.6 Å². The van der Waals surface area contributed by atoms with Gasteiger partial charge in [-0.1, -0.05) is 42.5 Å². The highest BCUT2D eigenvalue weighted by atomic mass is 19.1. The van der Waals surface area contributed by atoms with Crippen LogP contribution < -0.4 is 10.6 Å².